The number of nitriles is 1. The van der Waals surface area contributed by atoms with Gasteiger partial charge in [-0.25, -0.2) is 0 Å². The second-order valence-corrected chi connectivity index (χ2v) is 7.46. The van der Waals surface area contributed by atoms with Crippen molar-refractivity contribution in [1.82, 2.24) is 14.6 Å². The van der Waals surface area contributed by atoms with Gasteiger partial charge in [0.1, 0.15) is 23.2 Å². The molecule has 6 rings (SSSR count). The third kappa shape index (κ3) is 2.54. The van der Waals surface area contributed by atoms with Crippen molar-refractivity contribution in [2.45, 2.75) is 0 Å². The molecule has 144 valence electrons. The van der Waals surface area contributed by atoms with Crippen LogP contribution >= 0.6 is 0 Å². The highest BCUT2D eigenvalue weighted by Gasteiger charge is 2.23. The number of nitrogens with zero attached hydrogens (tertiary/aromatic N) is 4. The van der Waals surface area contributed by atoms with E-state index in [4.69, 9.17) is 0 Å². The molecule has 0 atom stereocenters. The first-order valence-corrected chi connectivity index (χ1v) is 10.1. The highest BCUT2D eigenvalue weighted by atomic mass is 15.1. The average molecular weight is 396 g/mol. The van der Waals surface area contributed by atoms with Gasteiger partial charge < -0.3 is 4.40 Å². The number of hydrogen-bond acceptors (Lipinski definition) is 3. The first-order chi connectivity index (χ1) is 15.4. The molecule has 3 aromatic carbocycles. The van der Waals surface area contributed by atoms with E-state index >= 15 is 0 Å². The van der Waals surface area contributed by atoms with Gasteiger partial charge in [0, 0.05) is 33.5 Å². The lowest BCUT2D eigenvalue weighted by Crippen LogP contribution is -1.94. The first kappa shape index (κ1) is 17.4. The average Bonchev–Trinajstić information content (AvgIpc) is 3.19. The maximum atomic E-state index is 10.2. The van der Waals surface area contributed by atoms with Crippen LogP contribution in [0.15, 0.2) is 97.2 Å². The minimum Gasteiger partial charge on any atom is -0.306 e. The summed E-state index contributed by atoms with van der Waals surface area (Å²) in [6, 6.07) is 32.7. The van der Waals surface area contributed by atoms with Crippen LogP contribution in [-0.4, -0.2) is 14.6 Å². The van der Waals surface area contributed by atoms with E-state index in [9.17, 15) is 5.26 Å². The SMILES string of the molecule is N#Cc1c2c(-c3ccccc3)nnc(-c3ccccc3)c2c2c3ccccc3ccn12. The number of hydrogen-bond donors (Lipinski definition) is 0. The lowest BCUT2D eigenvalue weighted by atomic mass is 10.00. The Balaban J connectivity index is 1.90. The fraction of sp³-hybridized carbons (Fsp3) is 0. The molecule has 3 aromatic heterocycles. The van der Waals surface area contributed by atoms with Crippen LogP contribution in [0.5, 0.6) is 0 Å². The molecule has 0 spiro atoms. The van der Waals surface area contributed by atoms with Crippen LogP contribution in [0, 0.1) is 11.3 Å². The van der Waals surface area contributed by atoms with Crippen molar-refractivity contribution in [2.24, 2.45) is 0 Å². The van der Waals surface area contributed by atoms with Crippen molar-refractivity contribution < 1.29 is 0 Å². The molecule has 0 bridgehead atoms. The Morgan fingerprint density at radius 3 is 1.87 bits per heavy atom. The van der Waals surface area contributed by atoms with Gasteiger partial charge in [0.15, 0.2) is 0 Å². The fourth-order valence-electron chi connectivity index (χ4n) is 4.38. The van der Waals surface area contributed by atoms with Gasteiger partial charge in [-0.05, 0) is 11.5 Å². The predicted molar refractivity (Wildman–Crippen MR) is 124 cm³/mol. The maximum Gasteiger partial charge on any atom is 0.135 e. The van der Waals surface area contributed by atoms with Crippen LogP contribution in [0.25, 0.3) is 49.6 Å². The normalized spacial score (nSPS) is 11.2. The summed E-state index contributed by atoms with van der Waals surface area (Å²) in [6.07, 6.45) is 1.97. The third-order valence-electron chi connectivity index (χ3n) is 5.75. The Morgan fingerprint density at radius 1 is 0.645 bits per heavy atom. The molecular formula is C27H16N4. The molecule has 0 N–H and O–H groups in total. The van der Waals surface area contributed by atoms with E-state index < -0.39 is 0 Å². The van der Waals surface area contributed by atoms with E-state index in [1.165, 1.54) is 0 Å². The van der Waals surface area contributed by atoms with Crippen molar-refractivity contribution in [3.63, 3.8) is 0 Å². The highest BCUT2D eigenvalue weighted by molar-refractivity contribution is 6.19. The zero-order valence-electron chi connectivity index (χ0n) is 16.5. The molecule has 0 unspecified atom stereocenters. The predicted octanol–water partition coefficient (Wildman–Crippen LogP) is 6.24. The molecule has 0 saturated heterocycles. The molecule has 0 aliphatic heterocycles. The number of aromatic nitrogens is 3. The molecule has 0 aliphatic carbocycles. The third-order valence-corrected chi connectivity index (χ3v) is 5.75. The Bertz CT molecular complexity index is 1630. The molecule has 3 heterocycles. The lowest BCUT2D eigenvalue weighted by molar-refractivity contribution is 1.06. The summed E-state index contributed by atoms with van der Waals surface area (Å²) in [5, 5.41) is 23.5. The molecule has 4 nitrogen and oxygen atoms in total. The number of pyridine rings is 1. The van der Waals surface area contributed by atoms with Gasteiger partial charge in [0.05, 0.1) is 5.52 Å². The molecule has 0 fully saturated rings. The van der Waals surface area contributed by atoms with E-state index in [-0.39, 0.29) is 0 Å². The summed E-state index contributed by atoms with van der Waals surface area (Å²) in [7, 11) is 0. The molecule has 0 saturated carbocycles. The van der Waals surface area contributed by atoms with Crippen LogP contribution in [0.1, 0.15) is 5.69 Å². The second-order valence-electron chi connectivity index (χ2n) is 7.46. The standard InChI is InChI=1S/C27H16N4/c28-17-22-23-24(27-21-14-8-7-9-18(21)15-16-31(22)27)26(20-12-5-2-6-13-20)30-29-25(23)19-10-3-1-4-11-19/h1-16H. The molecule has 0 amide bonds. The second kappa shape index (κ2) is 6.79. The van der Waals surface area contributed by atoms with E-state index in [0.717, 1.165) is 49.6 Å². The van der Waals surface area contributed by atoms with Crippen molar-refractivity contribution in [3.8, 4) is 28.6 Å². The van der Waals surface area contributed by atoms with Crippen LogP contribution in [-0.2, 0) is 0 Å². The summed E-state index contributed by atoms with van der Waals surface area (Å²) in [5.74, 6) is 0. The monoisotopic (exact) mass is 396 g/mol. The smallest absolute Gasteiger partial charge is 0.135 e. The van der Waals surface area contributed by atoms with Crippen molar-refractivity contribution in [2.75, 3.05) is 0 Å². The van der Waals surface area contributed by atoms with E-state index in [2.05, 4.69) is 28.4 Å². The van der Waals surface area contributed by atoms with Gasteiger partial charge in [-0.3, -0.25) is 0 Å². The van der Waals surface area contributed by atoms with Gasteiger partial charge in [0.25, 0.3) is 0 Å². The molecule has 0 aliphatic rings. The van der Waals surface area contributed by atoms with Gasteiger partial charge in [-0.2, -0.15) is 5.26 Å². The minimum atomic E-state index is 0.571. The summed E-state index contributed by atoms with van der Waals surface area (Å²) >= 11 is 0. The zero-order valence-corrected chi connectivity index (χ0v) is 16.5. The van der Waals surface area contributed by atoms with Gasteiger partial charge in [0.2, 0.25) is 0 Å². The Morgan fingerprint density at radius 2 is 1.23 bits per heavy atom. The van der Waals surface area contributed by atoms with Crippen molar-refractivity contribution >= 4 is 27.1 Å². The number of benzene rings is 3. The number of fused-ring (bicyclic) bond motifs is 5. The summed E-state index contributed by atoms with van der Waals surface area (Å²) in [5.41, 5.74) is 4.98. The quantitative estimate of drug-likeness (QED) is 0.348. The Labute approximate surface area is 178 Å². The summed E-state index contributed by atoms with van der Waals surface area (Å²) in [6.45, 7) is 0. The van der Waals surface area contributed by atoms with E-state index in [1.54, 1.807) is 0 Å². The molecule has 4 heteroatoms. The molecule has 6 aromatic rings. The van der Waals surface area contributed by atoms with Gasteiger partial charge in [-0.1, -0.05) is 84.9 Å². The Hall–Kier alpha value is -4.49. The van der Waals surface area contributed by atoms with Crippen LogP contribution in [0.2, 0.25) is 0 Å². The zero-order chi connectivity index (χ0) is 20.8. The molecule has 0 radical (unpaired) electrons. The first-order valence-electron chi connectivity index (χ1n) is 10.1. The van der Waals surface area contributed by atoms with E-state index in [1.807, 2.05) is 89.5 Å². The molecular weight excluding hydrogens is 380 g/mol. The van der Waals surface area contributed by atoms with Gasteiger partial charge >= 0.3 is 0 Å². The van der Waals surface area contributed by atoms with Crippen LogP contribution in [0.4, 0.5) is 0 Å². The summed E-state index contributed by atoms with van der Waals surface area (Å²) in [4.78, 5) is 0. The van der Waals surface area contributed by atoms with Crippen molar-refractivity contribution in [3.05, 3.63) is 103 Å². The fourth-order valence-corrected chi connectivity index (χ4v) is 4.38. The number of rotatable bonds is 2. The highest BCUT2D eigenvalue weighted by Crippen LogP contribution is 2.40. The largest absolute Gasteiger partial charge is 0.306 e. The van der Waals surface area contributed by atoms with Crippen LogP contribution in [0.3, 0.4) is 0 Å². The summed E-state index contributed by atoms with van der Waals surface area (Å²) < 4.78 is 1.98. The molecule has 31 heavy (non-hydrogen) atoms. The topological polar surface area (TPSA) is 54.0 Å². The van der Waals surface area contributed by atoms with Gasteiger partial charge in [-0.15, -0.1) is 10.2 Å². The van der Waals surface area contributed by atoms with Crippen molar-refractivity contribution in [1.29, 1.82) is 5.26 Å². The lowest BCUT2D eigenvalue weighted by Gasteiger charge is -2.08. The Kier molecular flexibility index (Phi) is 3.81. The minimum absolute atomic E-state index is 0.571. The van der Waals surface area contributed by atoms with E-state index in [0.29, 0.717) is 5.69 Å². The van der Waals surface area contributed by atoms with Crippen LogP contribution < -0.4 is 0 Å². The maximum absolute atomic E-state index is 10.2.